The van der Waals surface area contributed by atoms with E-state index in [9.17, 15) is 4.79 Å². The molecule has 2 nitrogen and oxygen atoms in total. The van der Waals surface area contributed by atoms with Crippen molar-refractivity contribution < 1.29 is 4.79 Å². The van der Waals surface area contributed by atoms with Crippen LogP contribution in [0.15, 0.2) is 30.3 Å². The molecule has 0 radical (unpaired) electrons. The summed E-state index contributed by atoms with van der Waals surface area (Å²) in [7, 11) is 0. The Morgan fingerprint density at radius 2 is 1.56 bits per heavy atom. The topological polar surface area (TPSA) is 20.3 Å². The molecule has 1 aromatic rings. The third-order valence-corrected chi connectivity index (χ3v) is 3.13. The van der Waals surface area contributed by atoms with Crippen LogP contribution in [0.5, 0.6) is 0 Å². The van der Waals surface area contributed by atoms with Crippen LogP contribution in [0.2, 0.25) is 0 Å². The van der Waals surface area contributed by atoms with Gasteiger partial charge < -0.3 is 4.90 Å². The predicted octanol–water partition coefficient (Wildman–Crippen LogP) is 4.03. The molecule has 0 heterocycles. The summed E-state index contributed by atoms with van der Waals surface area (Å²) in [6.45, 7) is 12.2. The van der Waals surface area contributed by atoms with Gasteiger partial charge in [0.25, 0.3) is 0 Å². The molecule has 0 aromatic heterocycles. The fraction of sp³-hybridized carbons (Fsp3) is 0.562. The van der Waals surface area contributed by atoms with E-state index in [1.807, 2.05) is 43.9 Å². The number of hydrogen-bond donors (Lipinski definition) is 0. The normalized spacial score (nSPS) is 13.5. The van der Waals surface area contributed by atoms with Crippen molar-refractivity contribution in [2.24, 2.45) is 5.41 Å². The van der Waals surface area contributed by atoms with E-state index in [1.54, 1.807) is 0 Å². The van der Waals surface area contributed by atoms with Gasteiger partial charge in [-0.3, -0.25) is 4.79 Å². The van der Waals surface area contributed by atoms with E-state index in [2.05, 4.69) is 32.9 Å². The Kier molecular flexibility index (Phi) is 4.55. The van der Waals surface area contributed by atoms with Crippen LogP contribution in [0.3, 0.4) is 0 Å². The summed E-state index contributed by atoms with van der Waals surface area (Å²) in [4.78, 5) is 14.5. The number of nitrogens with zero attached hydrogens (tertiary/aromatic N) is 1. The number of rotatable bonds is 3. The van der Waals surface area contributed by atoms with Gasteiger partial charge in [-0.15, -0.1) is 0 Å². The summed E-state index contributed by atoms with van der Waals surface area (Å²) in [5.74, 6) is 0.203. The summed E-state index contributed by atoms with van der Waals surface area (Å²) in [6.07, 6.45) is 0. The SMILES string of the molecule is CC(C)N(C(=O)C(C)(C)C)[C@H](C)c1ccccc1. The van der Waals surface area contributed by atoms with E-state index in [1.165, 1.54) is 5.56 Å². The van der Waals surface area contributed by atoms with Gasteiger partial charge in [0, 0.05) is 11.5 Å². The molecule has 0 bridgehead atoms. The van der Waals surface area contributed by atoms with Gasteiger partial charge in [-0.05, 0) is 26.3 Å². The van der Waals surface area contributed by atoms with Crippen LogP contribution in [0.4, 0.5) is 0 Å². The maximum Gasteiger partial charge on any atom is 0.228 e. The molecule has 0 saturated carbocycles. The fourth-order valence-corrected chi connectivity index (χ4v) is 2.14. The summed E-state index contributed by atoms with van der Waals surface area (Å²) < 4.78 is 0. The minimum absolute atomic E-state index is 0.109. The van der Waals surface area contributed by atoms with Crippen molar-refractivity contribution in [1.29, 1.82) is 0 Å². The lowest BCUT2D eigenvalue weighted by Gasteiger charge is -2.37. The van der Waals surface area contributed by atoms with E-state index < -0.39 is 0 Å². The second-order valence-corrected chi connectivity index (χ2v) is 6.14. The summed E-state index contributed by atoms with van der Waals surface area (Å²) >= 11 is 0. The highest BCUT2D eigenvalue weighted by Gasteiger charge is 2.32. The van der Waals surface area contributed by atoms with E-state index in [-0.39, 0.29) is 23.4 Å². The average molecular weight is 247 g/mol. The molecule has 0 spiro atoms. The smallest absolute Gasteiger partial charge is 0.228 e. The molecule has 2 heteroatoms. The number of amides is 1. The van der Waals surface area contributed by atoms with Crippen LogP contribution < -0.4 is 0 Å². The van der Waals surface area contributed by atoms with Crippen LogP contribution in [0.25, 0.3) is 0 Å². The largest absolute Gasteiger partial charge is 0.333 e. The van der Waals surface area contributed by atoms with Crippen LogP contribution in [0, 0.1) is 5.41 Å². The predicted molar refractivity (Wildman–Crippen MR) is 76.3 cm³/mol. The first-order chi connectivity index (χ1) is 8.25. The van der Waals surface area contributed by atoms with E-state index >= 15 is 0 Å². The quantitative estimate of drug-likeness (QED) is 0.789. The van der Waals surface area contributed by atoms with Crippen molar-refractivity contribution in [2.75, 3.05) is 0 Å². The second-order valence-electron chi connectivity index (χ2n) is 6.14. The molecule has 0 aliphatic rings. The van der Waals surface area contributed by atoms with E-state index in [0.29, 0.717) is 0 Å². The first-order valence-corrected chi connectivity index (χ1v) is 6.63. The number of hydrogen-bond acceptors (Lipinski definition) is 1. The summed E-state index contributed by atoms with van der Waals surface area (Å²) in [5.41, 5.74) is 0.844. The number of carbonyl (C=O) groups is 1. The standard InChI is InChI=1S/C16H25NO/c1-12(2)17(15(18)16(4,5)6)13(3)14-10-8-7-9-11-14/h7-13H,1-6H3/t13-/m1/s1. The second kappa shape index (κ2) is 5.55. The highest BCUT2D eigenvalue weighted by molar-refractivity contribution is 5.82. The van der Waals surface area contributed by atoms with Gasteiger partial charge in [0.2, 0.25) is 5.91 Å². The van der Waals surface area contributed by atoms with E-state index in [0.717, 1.165) is 0 Å². The summed E-state index contributed by atoms with van der Waals surface area (Å²) in [5, 5.41) is 0. The first kappa shape index (κ1) is 14.7. The monoisotopic (exact) mass is 247 g/mol. The van der Waals surface area contributed by atoms with Crippen molar-refractivity contribution in [3.05, 3.63) is 35.9 Å². The summed E-state index contributed by atoms with van der Waals surface area (Å²) in [6, 6.07) is 10.5. The number of carbonyl (C=O) groups excluding carboxylic acids is 1. The van der Waals surface area contributed by atoms with Crippen LogP contribution >= 0.6 is 0 Å². The zero-order chi connectivity index (χ0) is 13.9. The minimum Gasteiger partial charge on any atom is -0.333 e. The maximum absolute atomic E-state index is 12.5. The first-order valence-electron chi connectivity index (χ1n) is 6.63. The lowest BCUT2D eigenvalue weighted by atomic mass is 9.92. The Morgan fingerprint density at radius 1 is 1.06 bits per heavy atom. The molecular formula is C16H25NO. The Labute approximate surface area is 111 Å². The third-order valence-electron chi connectivity index (χ3n) is 3.13. The van der Waals surface area contributed by atoms with Crippen LogP contribution in [0.1, 0.15) is 53.1 Å². The Morgan fingerprint density at radius 3 is 1.94 bits per heavy atom. The number of benzene rings is 1. The van der Waals surface area contributed by atoms with Gasteiger partial charge >= 0.3 is 0 Å². The molecule has 1 aromatic carbocycles. The lowest BCUT2D eigenvalue weighted by molar-refractivity contribution is -0.143. The Bertz CT molecular complexity index is 389. The fourth-order valence-electron chi connectivity index (χ4n) is 2.14. The van der Waals surface area contributed by atoms with Gasteiger partial charge in [0.15, 0.2) is 0 Å². The Balaban J connectivity index is 3.04. The van der Waals surface area contributed by atoms with Crippen molar-refractivity contribution >= 4 is 5.91 Å². The van der Waals surface area contributed by atoms with Gasteiger partial charge in [-0.2, -0.15) is 0 Å². The van der Waals surface area contributed by atoms with Crippen molar-refractivity contribution in [2.45, 2.75) is 53.6 Å². The highest BCUT2D eigenvalue weighted by Crippen LogP contribution is 2.28. The average Bonchev–Trinajstić information content (AvgIpc) is 2.28. The molecule has 0 aliphatic heterocycles. The van der Waals surface area contributed by atoms with Gasteiger partial charge in [0.05, 0.1) is 6.04 Å². The van der Waals surface area contributed by atoms with Crippen LogP contribution in [-0.2, 0) is 4.79 Å². The van der Waals surface area contributed by atoms with Crippen LogP contribution in [-0.4, -0.2) is 16.8 Å². The molecule has 18 heavy (non-hydrogen) atoms. The molecule has 100 valence electrons. The molecule has 0 N–H and O–H groups in total. The molecule has 1 amide bonds. The molecular weight excluding hydrogens is 222 g/mol. The van der Waals surface area contributed by atoms with Gasteiger partial charge in [0.1, 0.15) is 0 Å². The molecule has 0 unspecified atom stereocenters. The Hall–Kier alpha value is -1.31. The molecule has 1 atom stereocenters. The zero-order valence-electron chi connectivity index (χ0n) is 12.4. The van der Waals surface area contributed by atoms with Gasteiger partial charge in [-0.25, -0.2) is 0 Å². The van der Waals surface area contributed by atoms with E-state index in [4.69, 9.17) is 0 Å². The van der Waals surface area contributed by atoms with Crippen molar-refractivity contribution in [3.8, 4) is 0 Å². The third kappa shape index (κ3) is 3.34. The minimum atomic E-state index is -0.340. The molecule has 0 aliphatic carbocycles. The molecule has 0 saturated heterocycles. The zero-order valence-corrected chi connectivity index (χ0v) is 12.4. The van der Waals surface area contributed by atoms with Gasteiger partial charge in [-0.1, -0.05) is 51.1 Å². The van der Waals surface area contributed by atoms with Crippen molar-refractivity contribution in [3.63, 3.8) is 0 Å². The maximum atomic E-state index is 12.5. The molecule has 1 rings (SSSR count). The highest BCUT2D eigenvalue weighted by atomic mass is 16.2. The lowest BCUT2D eigenvalue weighted by Crippen LogP contribution is -2.45. The molecule has 0 fully saturated rings. The van der Waals surface area contributed by atoms with Crippen molar-refractivity contribution in [1.82, 2.24) is 4.90 Å².